The number of rotatable bonds is 6. The number of fused-ring (bicyclic) bond motifs is 7. The zero-order chi connectivity index (χ0) is 30.4. The minimum absolute atomic E-state index is 0.0947. The Bertz CT molecular complexity index is 1080. The van der Waals surface area contributed by atoms with Gasteiger partial charge in [0, 0.05) is 10.8 Å². The third-order valence-corrected chi connectivity index (χ3v) is 15.0. The van der Waals surface area contributed by atoms with Crippen LogP contribution in [0.15, 0.2) is 0 Å². The van der Waals surface area contributed by atoms with Gasteiger partial charge in [-0.15, -0.1) is 0 Å². The van der Waals surface area contributed by atoms with Gasteiger partial charge >= 0.3 is 11.9 Å². The molecule has 5 saturated carbocycles. The number of carbonyl (C=O) groups is 3. The number of carboxylic acids is 1. The van der Waals surface area contributed by atoms with Crippen LogP contribution in [0.4, 0.5) is 0 Å². The first-order valence-electron chi connectivity index (χ1n) is 16.8. The topological polar surface area (TPSA) is 80.7 Å². The molecule has 5 aliphatic carbocycles. The van der Waals surface area contributed by atoms with Crippen LogP contribution in [0, 0.1) is 68.0 Å². The number of hydrogen-bond donors (Lipinski definition) is 1. The van der Waals surface area contributed by atoms with Crippen molar-refractivity contribution in [2.45, 2.75) is 139 Å². The van der Waals surface area contributed by atoms with Crippen molar-refractivity contribution in [1.29, 1.82) is 0 Å². The van der Waals surface area contributed by atoms with E-state index in [1.165, 1.54) is 38.4 Å². The quantitative estimate of drug-likeness (QED) is 0.256. The van der Waals surface area contributed by atoms with Gasteiger partial charge in [0.25, 0.3) is 0 Å². The fourth-order valence-corrected chi connectivity index (χ4v) is 12.5. The molecule has 1 N–H and O–H groups in total. The van der Waals surface area contributed by atoms with Gasteiger partial charge in [0.2, 0.25) is 0 Å². The van der Waals surface area contributed by atoms with Crippen molar-refractivity contribution >= 4 is 18.2 Å². The van der Waals surface area contributed by atoms with E-state index in [0.29, 0.717) is 35.5 Å². The molecule has 1 unspecified atom stereocenters. The molecule has 0 heterocycles. The van der Waals surface area contributed by atoms with Crippen LogP contribution in [-0.2, 0) is 19.1 Å². The van der Waals surface area contributed by atoms with Gasteiger partial charge in [0.05, 0.1) is 11.8 Å². The molecule has 41 heavy (non-hydrogen) atoms. The summed E-state index contributed by atoms with van der Waals surface area (Å²) in [4.78, 5) is 37.3. The Kier molecular flexibility index (Phi) is 7.43. The largest absolute Gasteiger partial charge is 0.481 e. The lowest BCUT2D eigenvalue weighted by Gasteiger charge is -2.72. The molecule has 10 atom stereocenters. The Balaban J connectivity index is 1.41. The summed E-state index contributed by atoms with van der Waals surface area (Å²) in [6.45, 7) is 20.4. The normalized spacial score (nSPS) is 47.0. The van der Waals surface area contributed by atoms with E-state index in [-0.39, 0.29) is 45.6 Å². The van der Waals surface area contributed by atoms with Crippen LogP contribution < -0.4 is 0 Å². The molecule has 0 saturated heterocycles. The van der Waals surface area contributed by atoms with Gasteiger partial charge < -0.3 is 14.6 Å². The molecule has 5 aliphatic rings. The van der Waals surface area contributed by atoms with E-state index in [4.69, 9.17) is 4.74 Å². The van der Waals surface area contributed by atoms with Crippen LogP contribution in [-0.4, -0.2) is 29.4 Å². The van der Waals surface area contributed by atoms with Gasteiger partial charge in [0.1, 0.15) is 12.4 Å². The maximum absolute atomic E-state index is 12.9. The molecule has 232 valence electrons. The van der Waals surface area contributed by atoms with Crippen molar-refractivity contribution in [2.75, 3.05) is 0 Å². The smallest absolute Gasteiger partial charge is 0.309 e. The third-order valence-electron chi connectivity index (χ3n) is 15.0. The Labute approximate surface area is 249 Å². The Morgan fingerprint density at radius 3 is 2.17 bits per heavy atom. The minimum atomic E-state index is -1.12. The lowest BCUT2D eigenvalue weighted by molar-refractivity contribution is -0.249. The molecule has 0 amide bonds. The average Bonchev–Trinajstić information content (AvgIpc) is 3.26. The summed E-state index contributed by atoms with van der Waals surface area (Å²) in [6, 6.07) is 0. The first-order valence-corrected chi connectivity index (χ1v) is 16.8. The minimum Gasteiger partial charge on any atom is -0.481 e. The van der Waals surface area contributed by atoms with E-state index in [1.54, 1.807) is 13.8 Å². The molecular formula is C36H58O5. The number of hydrogen-bond acceptors (Lipinski definition) is 4. The Hall–Kier alpha value is -1.39. The molecule has 0 aromatic carbocycles. The number of ether oxygens (including phenoxy) is 1. The second-order valence-electron chi connectivity index (χ2n) is 17.7. The number of carbonyl (C=O) groups excluding carboxylic acids is 2. The molecule has 0 spiro atoms. The van der Waals surface area contributed by atoms with Crippen molar-refractivity contribution in [3.8, 4) is 0 Å². The monoisotopic (exact) mass is 570 g/mol. The van der Waals surface area contributed by atoms with Gasteiger partial charge in [0.15, 0.2) is 0 Å². The summed E-state index contributed by atoms with van der Waals surface area (Å²) < 4.78 is 6.12. The standard InChI is InChI=1S/C36H58O5/c1-22(2)23-12-17-36(21-37)19-18-34(8)24(29(23)36)10-11-26-33(7)15-14-27(41-28(38)20-31(3,4)30(39)40)32(5,6)25(33)13-16-35(26,34)9/h21-27,29H,10-20H2,1-9H3,(H,39,40)/t23-,24+,25-,26+,27?,29+,33-,34+,35+,36+/m0/s1. The van der Waals surface area contributed by atoms with Crippen LogP contribution in [0.1, 0.15) is 133 Å². The molecular weight excluding hydrogens is 512 g/mol. The highest BCUT2D eigenvalue weighted by molar-refractivity contribution is 5.81. The molecule has 0 radical (unpaired) electrons. The number of esters is 1. The summed E-state index contributed by atoms with van der Waals surface area (Å²) in [5.41, 5.74) is -0.717. The number of aliphatic carboxylic acids is 1. The maximum atomic E-state index is 12.9. The highest BCUT2D eigenvalue weighted by atomic mass is 16.5. The summed E-state index contributed by atoms with van der Waals surface area (Å²) in [7, 11) is 0. The zero-order valence-electron chi connectivity index (χ0n) is 27.5. The van der Waals surface area contributed by atoms with Crippen molar-refractivity contribution in [3.05, 3.63) is 0 Å². The van der Waals surface area contributed by atoms with Gasteiger partial charge in [-0.05, 0) is 130 Å². The fraction of sp³-hybridized carbons (Fsp3) is 0.917. The van der Waals surface area contributed by atoms with Gasteiger partial charge in [-0.3, -0.25) is 9.59 Å². The summed E-state index contributed by atoms with van der Waals surface area (Å²) in [5, 5.41) is 9.52. The van der Waals surface area contributed by atoms with E-state index < -0.39 is 11.4 Å². The Morgan fingerprint density at radius 1 is 0.878 bits per heavy atom. The van der Waals surface area contributed by atoms with Crippen LogP contribution in [0.3, 0.4) is 0 Å². The predicted molar refractivity (Wildman–Crippen MR) is 161 cm³/mol. The van der Waals surface area contributed by atoms with Crippen molar-refractivity contribution in [3.63, 3.8) is 0 Å². The average molecular weight is 571 g/mol. The predicted octanol–water partition coefficient (Wildman–Crippen LogP) is 8.34. The molecule has 0 aromatic heterocycles. The van der Waals surface area contributed by atoms with Crippen molar-refractivity contribution in [2.24, 2.45) is 68.0 Å². The van der Waals surface area contributed by atoms with Crippen LogP contribution in [0.25, 0.3) is 0 Å². The molecule has 5 nitrogen and oxygen atoms in total. The second-order valence-corrected chi connectivity index (χ2v) is 17.7. The molecule has 5 heteroatoms. The van der Waals surface area contributed by atoms with Gasteiger partial charge in [-0.1, -0.05) is 48.5 Å². The SMILES string of the molecule is CC(C)[C@@H]1CC[C@]2(C=O)CC[C@]3(C)[C@H](CC[C@@H]4[C@@]5(C)CCC(OC(=O)CC(C)(C)C(=O)O)C(C)(C)[C@@H]5CC[C@]43C)[C@@H]12. The lowest BCUT2D eigenvalue weighted by atomic mass is 9.32. The Morgan fingerprint density at radius 2 is 1.56 bits per heavy atom. The van der Waals surface area contributed by atoms with E-state index in [0.717, 1.165) is 32.1 Å². The van der Waals surface area contributed by atoms with Crippen LogP contribution in [0.5, 0.6) is 0 Å². The number of carboxylic acid groups (broad SMARTS) is 1. The molecule has 5 rings (SSSR count). The van der Waals surface area contributed by atoms with E-state index in [2.05, 4.69) is 48.5 Å². The molecule has 0 aliphatic heterocycles. The summed E-state index contributed by atoms with van der Waals surface area (Å²) in [6.07, 6.45) is 12.4. The van der Waals surface area contributed by atoms with Crippen molar-refractivity contribution < 1.29 is 24.2 Å². The summed E-state index contributed by atoms with van der Waals surface area (Å²) >= 11 is 0. The van der Waals surface area contributed by atoms with Gasteiger partial charge in [-0.2, -0.15) is 0 Å². The highest BCUT2D eigenvalue weighted by Crippen LogP contribution is 2.77. The number of aldehydes is 1. The molecule has 5 fully saturated rings. The first kappa shape index (κ1) is 31.0. The third kappa shape index (κ3) is 4.31. The van der Waals surface area contributed by atoms with Crippen LogP contribution in [0.2, 0.25) is 0 Å². The van der Waals surface area contributed by atoms with E-state index >= 15 is 0 Å². The van der Waals surface area contributed by atoms with E-state index in [1.807, 2.05) is 0 Å². The maximum Gasteiger partial charge on any atom is 0.309 e. The lowest BCUT2D eigenvalue weighted by Crippen LogP contribution is -2.67. The first-order chi connectivity index (χ1) is 18.9. The zero-order valence-corrected chi connectivity index (χ0v) is 27.5. The van der Waals surface area contributed by atoms with Crippen LogP contribution >= 0.6 is 0 Å². The second kappa shape index (κ2) is 9.81. The molecule has 0 bridgehead atoms. The fourth-order valence-electron chi connectivity index (χ4n) is 12.5. The highest BCUT2D eigenvalue weighted by Gasteiger charge is 2.71. The summed E-state index contributed by atoms with van der Waals surface area (Å²) in [5.74, 6) is 2.18. The molecule has 0 aromatic rings. The van der Waals surface area contributed by atoms with Crippen molar-refractivity contribution in [1.82, 2.24) is 0 Å². The van der Waals surface area contributed by atoms with E-state index in [9.17, 15) is 19.5 Å². The van der Waals surface area contributed by atoms with Gasteiger partial charge in [-0.25, -0.2) is 0 Å².